The highest BCUT2D eigenvalue weighted by Gasteiger charge is 2.06. The minimum Gasteiger partial charge on any atom is -0.346 e. The van der Waals surface area contributed by atoms with E-state index in [0.29, 0.717) is 13.0 Å². The summed E-state index contributed by atoms with van der Waals surface area (Å²) in [6.07, 6.45) is 6.35. The third-order valence-electron chi connectivity index (χ3n) is 2.84. The van der Waals surface area contributed by atoms with Crippen LogP contribution in [0.25, 0.3) is 0 Å². The standard InChI is InChI=1S/C14H23N3O/c1-3-4-10-17(2)14(18)7-9-16-12-13-6-5-8-15-11-13/h5-6,8,11,16H,3-4,7,9-10,12H2,1-2H3. The predicted octanol–water partition coefficient (Wildman–Crippen LogP) is 1.82. The molecule has 0 spiro atoms. The van der Waals surface area contributed by atoms with Gasteiger partial charge in [0.2, 0.25) is 5.91 Å². The summed E-state index contributed by atoms with van der Waals surface area (Å²) in [5, 5.41) is 3.26. The van der Waals surface area contributed by atoms with Gasteiger partial charge in [-0.25, -0.2) is 0 Å². The number of unbranched alkanes of at least 4 members (excludes halogenated alkanes) is 1. The van der Waals surface area contributed by atoms with Crippen molar-refractivity contribution >= 4 is 5.91 Å². The number of hydrogen-bond donors (Lipinski definition) is 1. The molecule has 4 nitrogen and oxygen atoms in total. The Hall–Kier alpha value is -1.42. The smallest absolute Gasteiger partial charge is 0.223 e. The second-order valence-corrected chi connectivity index (χ2v) is 4.46. The summed E-state index contributed by atoms with van der Waals surface area (Å²) in [5.74, 6) is 0.210. The fourth-order valence-electron chi connectivity index (χ4n) is 1.64. The van der Waals surface area contributed by atoms with Crippen LogP contribution in [0.2, 0.25) is 0 Å². The molecule has 1 heterocycles. The van der Waals surface area contributed by atoms with Gasteiger partial charge in [-0.3, -0.25) is 9.78 Å². The Morgan fingerprint density at radius 1 is 1.50 bits per heavy atom. The third kappa shape index (κ3) is 5.77. The molecule has 0 aliphatic carbocycles. The van der Waals surface area contributed by atoms with Gasteiger partial charge < -0.3 is 10.2 Å². The summed E-state index contributed by atoms with van der Waals surface area (Å²) in [6.45, 7) is 4.47. The summed E-state index contributed by atoms with van der Waals surface area (Å²) in [4.78, 5) is 17.6. The monoisotopic (exact) mass is 249 g/mol. The van der Waals surface area contributed by atoms with E-state index in [1.165, 1.54) is 0 Å². The second-order valence-electron chi connectivity index (χ2n) is 4.46. The summed E-state index contributed by atoms with van der Waals surface area (Å²) >= 11 is 0. The Morgan fingerprint density at radius 3 is 3.00 bits per heavy atom. The number of nitrogens with one attached hydrogen (secondary N) is 1. The van der Waals surface area contributed by atoms with E-state index in [1.807, 2.05) is 30.3 Å². The molecule has 0 atom stereocenters. The van der Waals surface area contributed by atoms with E-state index in [2.05, 4.69) is 17.2 Å². The molecule has 1 N–H and O–H groups in total. The summed E-state index contributed by atoms with van der Waals surface area (Å²) < 4.78 is 0. The van der Waals surface area contributed by atoms with Crippen molar-refractivity contribution in [1.82, 2.24) is 15.2 Å². The van der Waals surface area contributed by atoms with E-state index in [4.69, 9.17) is 0 Å². The third-order valence-corrected chi connectivity index (χ3v) is 2.84. The molecule has 0 fully saturated rings. The molecule has 0 unspecified atom stereocenters. The lowest BCUT2D eigenvalue weighted by atomic mass is 10.2. The quantitative estimate of drug-likeness (QED) is 0.715. The molecule has 1 aromatic rings. The van der Waals surface area contributed by atoms with Crippen LogP contribution in [0.4, 0.5) is 0 Å². The van der Waals surface area contributed by atoms with E-state index >= 15 is 0 Å². The van der Waals surface area contributed by atoms with Crippen LogP contribution in [0, 0.1) is 0 Å². The zero-order valence-corrected chi connectivity index (χ0v) is 11.4. The van der Waals surface area contributed by atoms with Crippen molar-refractivity contribution in [1.29, 1.82) is 0 Å². The number of nitrogens with zero attached hydrogens (tertiary/aromatic N) is 2. The molecule has 1 amide bonds. The van der Waals surface area contributed by atoms with Crippen molar-refractivity contribution in [2.75, 3.05) is 20.1 Å². The van der Waals surface area contributed by atoms with Gasteiger partial charge in [-0.15, -0.1) is 0 Å². The van der Waals surface area contributed by atoms with Gasteiger partial charge in [0, 0.05) is 45.5 Å². The second kappa shape index (κ2) is 8.64. The van der Waals surface area contributed by atoms with Crippen molar-refractivity contribution in [3.63, 3.8) is 0 Å². The lowest BCUT2D eigenvalue weighted by Gasteiger charge is -2.16. The average molecular weight is 249 g/mol. The Balaban J connectivity index is 2.12. The Bertz CT molecular complexity index is 340. The molecule has 0 radical (unpaired) electrons. The first-order valence-electron chi connectivity index (χ1n) is 6.57. The number of rotatable bonds is 8. The molecule has 0 saturated heterocycles. The highest BCUT2D eigenvalue weighted by atomic mass is 16.2. The lowest BCUT2D eigenvalue weighted by Crippen LogP contribution is -2.30. The van der Waals surface area contributed by atoms with Crippen molar-refractivity contribution in [3.05, 3.63) is 30.1 Å². The largest absolute Gasteiger partial charge is 0.346 e. The maximum Gasteiger partial charge on any atom is 0.223 e. The van der Waals surface area contributed by atoms with Gasteiger partial charge in [0.05, 0.1) is 0 Å². The van der Waals surface area contributed by atoms with Crippen molar-refractivity contribution < 1.29 is 4.79 Å². The summed E-state index contributed by atoms with van der Waals surface area (Å²) in [6, 6.07) is 3.94. The van der Waals surface area contributed by atoms with E-state index in [1.54, 1.807) is 6.20 Å². The van der Waals surface area contributed by atoms with Crippen LogP contribution in [0.3, 0.4) is 0 Å². The topological polar surface area (TPSA) is 45.2 Å². The normalized spacial score (nSPS) is 10.3. The van der Waals surface area contributed by atoms with Crippen LogP contribution >= 0.6 is 0 Å². The number of carbonyl (C=O) groups is 1. The zero-order chi connectivity index (χ0) is 13.2. The van der Waals surface area contributed by atoms with Crippen LogP contribution in [0.5, 0.6) is 0 Å². The van der Waals surface area contributed by atoms with Gasteiger partial charge >= 0.3 is 0 Å². The molecule has 100 valence electrons. The number of aromatic nitrogens is 1. The molecule has 0 aliphatic rings. The summed E-state index contributed by atoms with van der Waals surface area (Å²) in [5.41, 5.74) is 1.14. The Labute approximate surface area is 109 Å². The van der Waals surface area contributed by atoms with Crippen LogP contribution in [0.15, 0.2) is 24.5 Å². The van der Waals surface area contributed by atoms with E-state index in [-0.39, 0.29) is 5.91 Å². The molecule has 1 aromatic heterocycles. The molecule has 4 heteroatoms. The molecule has 0 aromatic carbocycles. The first-order chi connectivity index (χ1) is 8.74. The van der Waals surface area contributed by atoms with E-state index in [9.17, 15) is 4.79 Å². The lowest BCUT2D eigenvalue weighted by molar-refractivity contribution is -0.129. The zero-order valence-electron chi connectivity index (χ0n) is 11.4. The van der Waals surface area contributed by atoms with Crippen LogP contribution < -0.4 is 5.32 Å². The molecular weight excluding hydrogens is 226 g/mol. The van der Waals surface area contributed by atoms with E-state index < -0.39 is 0 Å². The molecule has 0 saturated carbocycles. The van der Waals surface area contributed by atoms with Gasteiger partial charge in [0.25, 0.3) is 0 Å². The number of pyridine rings is 1. The molecular formula is C14H23N3O. The van der Waals surface area contributed by atoms with Crippen LogP contribution in [-0.4, -0.2) is 35.9 Å². The fraction of sp³-hybridized carbons (Fsp3) is 0.571. The maximum atomic E-state index is 11.7. The van der Waals surface area contributed by atoms with Crippen molar-refractivity contribution in [3.8, 4) is 0 Å². The molecule has 18 heavy (non-hydrogen) atoms. The van der Waals surface area contributed by atoms with Crippen LogP contribution in [-0.2, 0) is 11.3 Å². The first-order valence-corrected chi connectivity index (χ1v) is 6.57. The fourth-order valence-corrected chi connectivity index (χ4v) is 1.64. The van der Waals surface area contributed by atoms with Gasteiger partial charge in [0.1, 0.15) is 0 Å². The van der Waals surface area contributed by atoms with Crippen molar-refractivity contribution in [2.45, 2.75) is 32.7 Å². The number of carbonyl (C=O) groups excluding carboxylic acids is 1. The predicted molar refractivity (Wildman–Crippen MR) is 73.1 cm³/mol. The van der Waals surface area contributed by atoms with Gasteiger partial charge in [-0.05, 0) is 18.1 Å². The number of amides is 1. The maximum absolute atomic E-state index is 11.7. The molecule has 0 bridgehead atoms. The highest BCUT2D eigenvalue weighted by molar-refractivity contribution is 5.76. The van der Waals surface area contributed by atoms with Gasteiger partial charge in [-0.1, -0.05) is 19.4 Å². The SMILES string of the molecule is CCCCN(C)C(=O)CCNCc1cccnc1. The summed E-state index contributed by atoms with van der Waals surface area (Å²) in [7, 11) is 1.87. The Kier molecular flexibility index (Phi) is 7.03. The first kappa shape index (κ1) is 14.6. The van der Waals surface area contributed by atoms with Gasteiger partial charge in [-0.2, -0.15) is 0 Å². The van der Waals surface area contributed by atoms with Crippen LogP contribution in [0.1, 0.15) is 31.7 Å². The van der Waals surface area contributed by atoms with Crippen molar-refractivity contribution in [2.24, 2.45) is 0 Å². The average Bonchev–Trinajstić information content (AvgIpc) is 2.41. The molecule has 0 aliphatic heterocycles. The highest BCUT2D eigenvalue weighted by Crippen LogP contribution is 1.97. The molecule has 1 rings (SSSR count). The van der Waals surface area contributed by atoms with E-state index in [0.717, 1.165) is 31.5 Å². The Morgan fingerprint density at radius 2 is 2.33 bits per heavy atom. The minimum absolute atomic E-state index is 0.210. The minimum atomic E-state index is 0.210. The van der Waals surface area contributed by atoms with Gasteiger partial charge in [0.15, 0.2) is 0 Å². The number of hydrogen-bond acceptors (Lipinski definition) is 3.